The van der Waals surface area contributed by atoms with Crippen LogP contribution in [0, 0.1) is 19.8 Å². The molecule has 23 heavy (non-hydrogen) atoms. The van der Waals surface area contributed by atoms with Gasteiger partial charge in [-0.2, -0.15) is 4.98 Å². The van der Waals surface area contributed by atoms with Crippen molar-refractivity contribution >= 4 is 11.8 Å². The van der Waals surface area contributed by atoms with Crippen LogP contribution in [-0.4, -0.2) is 23.1 Å². The second-order valence-electron chi connectivity index (χ2n) is 6.71. The van der Waals surface area contributed by atoms with Crippen LogP contribution in [0.5, 0.6) is 0 Å². The second kappa shape index (κ2) is 6.99. The topological polar surface area (TPSA) is 41.1 Å². The maximum absolute atomic E-state index is 4.72. The zero-order valence-corrected chi connectivity index (χ0v) is 14.3. The smallest absolute Gasteiger partial charge is 0.227 e. The molecule has 122 valence electrons. The van der Waals surface area contributed by atoms with E-state index in [0.717, 1.165) is 43.0 Å². The predicted molar refractivity (Wildman–Crippen MR) is 95.9 cm³/mol. The molecule has 0 saturated carbocycles. The summed E-state index contributed by atoms with van der Waals surface area (Å²) in [6.45, 7) is 9.38. The van der Waals surface area contributed by atoms with Crippen molar-refractivity contribution in [2.75, 3.05) is 23.3 Å². The van der Waals surface area contributed by atoms with Gasteiger partial charge in [0.2, 0.25) is 5.95 Å². The SMILES string of the molecule is Cc1cccc(CNc2cc(C)nc(N3CCC(C)CC3)n2)c1. The van der Waals surface area contributed by atoms with E-state index in [2.05, 4.69) is 53.3 Å². The summed E-state index contributed by atoms with van der Waals surface area (Å²) in [4.78, 5) is 11.7. The van der Waals surface area contributed by atoms with Gasteiger partial charge >= 0.3 is 0 Å². The lowest BCUT2D eigenvalue weighted by molar-refractivity contribution is 0.434. The van der Waals surface area contributed by atoms with Gasteiger partial charge in [0, 0.05) is 31.4 Å². The molecule has 4 heteroatoms. The Hall–Kier alpha value is -2.10. The molecular formula is C19H26N4. The molecule has 0 amide bonds. The molecule has 0 spiro atoms. The second-order valence-corrected chi connectivity index (χ2v) is 6.71. The lowest BCUT2D eigenvalue weighted by atomic mass is 10.00. The van der Waals surface area contributed by atoms with Gasteiger partial charge in [0.1, 0.15) is 5.82 Å². The van der Waals surface area contributed by atoms with E-state index in [1.165, 1.54) is 24.0 Å². The van der Waals surface area contributed by atoms with Gasteiger partial charge in [0.25, 0.3) is 0 Å². The Kier molecular flexibility index (Phi) is 4.79. The van der Waals surface area contributed by atoms with E-state index in [1.54, 1.807) is 0 Å². The van der Waals surface area contributed by atoms with E-state index in [9.17, 15) is 0 Å². The maximum Gasteiger partial charge on any atom is 0.227 e. The summed E-state index contributed by atoms with van der Waals surface area (Å²) >= 11 is 0. The largest absolute Gasteiger partial charge is 0.366 e. The average Bonchev–Trinajstić information content (AvgIpc) is 2.53. The van der Waals surface area contributed by atoms with E-state index in [-0.39, 0.29) is 0 Å². The Bertz CT molecular complexity index is 660. The minimum atomic E-state index is 0.786. The number of hydrogen-bond acceptors (Lipinski definition) is 4. The molecule has 0 aliphatic carbocycles. The van der Waals surface area contributed by atoms with Crippen LogP contribution in [0.25, 0.3) is 0 Å². The fraction of sp³-hybridized carbons (Fsp3) is 0.474. The van der Waals surface area contributed by atoms with Gasteiger partial charge in [-0.1, -0.05) is 36.8 Å². The lowest BCUT2D eigenvalue weighted by Crippen LogP contribution is -2.34. The molecule has 4 nitrogen and oxygen atoms in total. The zero-order valence-electron chi connectivity index (χ0n) is 14.3. The Balaban J connectivity index is 1.70. The van der Waals surface area contributed by atoms with Crippen LogP contribution in [0.2, 0.25) is 0 Å². The standard InChI is InChI=1S/C19H26N4/c1-14-7-9-23(10-8-14)19-21-16(3)12-18(22-19)20-13-17-6-4-5-15(2)11-17/h4-6,11-12,14H,7-10,13H2,1-3H3,(H,20,21,22). The van der Waals surface area contributed by atoms with Gasteiger partial charge in [0.05, 0.1) is 0 Å². The van der Waals surface area contributed by atoms with Crippen molar-refractivity contribution in [1.82, 2.24) is 9.97 Å². The lowest BCUT2D eigenvalue weighted by Gasteiger charge is -2.30. The molecule has 1 aliphatic heterocycles. The van der Waals surface area contributed by atoms with Crippen molar-refractivity contribution in [3.63, 3.8) is 0 Å². The molecule has 2 heterocycles. The van der Waals surface area contributed by atoms with Crippen LogP contribution in [0.15, 0.2) is 30.3 Å². The molecule has 1 aliphatic rings. The number of aromatic nitrogens is 2. The number of nitrogens with one attached hydrogen (secondary N) is 1. The van der Waals surface area contributed by atoms with Gasteiger partial charge in [-0.25, -0.2) is 4.98 Å². The number of rotatable bonds is 4. The number of nitrogens with zero attached hydrogens (tertiary/aromatic N) is 3. The minimum Gasteiger partial charge on any atom is -0.366 e. The maximum atomic E-state index is 4.72. The molecule has 1 fully saturated rings. The highest BCUT2D eigenvalue weighted by molar-refractivity contribution is 5.44. The van der Waals surface area contributed by atoms with Crippen molar-refractivity contribution in [1.29, 1.82) is 0 Å². The third-order valence-corrected chi connectivity index (χ3v) is 4.47. The van der Waals surface area contributed by atoms with E-state index in [1.807, 2.05) is 13.0 Å². The quantitative estimate of drug-likeness (QED) is 0.928. The summed E-state index contributed by atoms with van der Waals surface area (Å²) in [7, 11) is 0. The van der Waals surface area contributed by atoms with Crippen LogP contribution in [-0.2, 0) is 6.54 Å². The van der Waals surface area contributed by atoms with Gasteiger partial charge in [-0.05, 0) is 38.2 Å². The van der Waals surface area contributed by atoms with Crippen molar-refractivity contribution in [2.24, 2.45) is 5.92 Å². The molecule has 1 aromatic carbocycles. The van der Waals surface area contributed by atoms with Crippen molar-refractivity contribution in [3.8, 4) is 0 Å². The highest BCUT2D eigenvalue weighted by Gasteiger charge is 2.18. The van der Waals surface area contributed by atoms with Crippen molar-refractivity contribution in [3.05, 3.63) is 47.2 Å². The number of hydrogen-bond donors (Lipinski definition) is 1. The Morgan fingerprint density at radius 2 is 1.91 bits per heavy atom. The van der Waals surface area contributed by atoms with Gasteiger partial charge in [-0.3, -0.25) is 0 Å². The zero-order chi connectivity index (χ0) is 16.2. The van der Waals surface area contributed by atoms with Crippen LogP contribution in [0.1, 0.15) is 36.6 Å². The van der Waals surface area contributed by atoms with Crippen LogP contribution < -0.4 is 10.2 Å². The van der Waals surface area contributed by atoms with E-state index < -0.39 is 0 Å². The Morgan fingerprint density at radius 1 is 1.13 bits per heavy atom. The number of piperidine rings is 1. The van der Waals surface area contributed by atoms with Crippen LogP contribution in [0.3, 0.4) is 0 Å². The third kappa shape index (κ3) is 4.21. The van der Waals surface area contributed by atoms with E-state index in [0.29, 0.717) is 0 Å². The minimum absolute atomic E-state index is 0.786. The molecule has 0 unspecified atom stereocenters. The predicted octanol–water partition coefficient (Wildman–Crippen LogP) is 3.94. The Morgan fingerprint density at radius 3 is 2.65 bits per heavy atom. The summed E-state index contributed by atoms with van der Waals surface area (Å²) in [5, 5.41) is 3.44. The molecule has 1 saturated heterocycles. The van der Waals surface area contributed by atoms with Gasteiger partial charge < -0.3 is 10.2 Å². The van der Waals surface area contributed by atoms with E-state index >= 15 is 0 Å². The fourth-order valence-electron chi connectivity index (χ4n) is 3.01. The fourth-order valence-corrected chi connectivity index (χ4v) is 3.01. The first kappa shape index (κ1) is 15.8. The van der Waals surface area contributed by atoms with Gasteiger partial charge in [0.15, 0.2) is 0 Å². The molecule has 1 N–H and O–H groups in total. The molecule has 0 atom stereocenters. The first-order chi connectivity index (χ1) is 11.1. The number of aryl methyl sites for hydroxylation is 2. The summed E-state index contributed by atoms with van der Waals surface area (Å²) in [6.07, 6.45) is 2.45. The molecule has 1 aromatic heterocycles. The summed E-state index contributed by atoms with van der Waals surface area (Å²) in [6, 6.07) is 10.6. The molecular weight excluding hydrogens is 284 g/mol. The molecule has 2 aromatic rings. The summed E-state index contributed by atoms with van der Waals surface area (Å²) in [5.41, 5.74) is 3.57. The monoisotopic (exact) mass is 310 g/mol. The van der Waals surface area contributed by atoms with E-state index in [4.69, 9.17) is 4.98 Å². The molecule has 0 bridgehead atoms. The first-order valence-electron chi connectivity index (χ1n) is 8.50. The molecule has 3 rings (SSSR count). The third-order valence-electron chi connectivity index (χ3n) is 4.47. The average molecular weight is 310 g/mol. The van der Waals surface area contributed by atoms with Crippen LogP contribution in [0.4, 0.5) is 11.8 Å². The van der Waals surface area contributed by atoms with Gasteiger partial charge in [-0.15, -0.1) is 0 Å². The normalized spacial score (nSPS) is 15.7. The summed E-state index contributed by atoms with van der Waals surface area (Å²) in [5.74, 6) is 2.59. The Labute approximate surface area is 139 Å². The molecule has 0 radical (unpaired) electrons. The van der Waals surface area contributed by atoms with Crippen LogP contribution >= 0.6 is 0 Å². The van der Waals surface area contributed by atoms with Crippen molar-refractivity contribution < 1.29 is 0 Å². The highest BCUT2D eigenvalue weighted by atomic mass is 15.3. The number of benzene rings is 1. The summed E-state index contributed by atoms with van der Waals surface area (Å²) < 4.78 is 0. The first-order valence-corrected chi connectivity index (χ1v) is 8.50. The highest BCUT2D eigenvalue weighted by Crippen LogP contribution is 2.21. The number of anilines is 2. The van der Waals surface area contributed by atoms with Crippen molar-refractivity contribution in [2.45, 2.75) is 40.2 Å².